The van der Waals surface area contributed by atoms with Gasteiger partial charge in [0.25, 0.3) is 0 Å². The third-order valence-corrected chi connectivity index (χ3v) is 9.03. The van der Waals surface area contributed by atoms with Gasteiger partial charge in [0.1, 0.15) is 36.8 Å². The number of rotatable bonds is 7. The highest BCUT2D eigenvalue weighted by Crippen LogP contribution is 2.61. The summed E-state index contributed by atoms with van der Waals surface area (Å²) in [6, 6.07) is 0. The number of esters is 1. The molecule has 5 unspecified atom stereocenters. The first kappa shape index (κ1) is 27.4. The van der Waals surface area contributed by atoms with Crippen LogP contribution in [0.4, 0.5) is 0 Å². The Kier molecular flexibility index (Phi) is 7.79. The highest BCUT2D eigenvalue weighted by Gasteiger charge is 2.60. The van der Waals surface area contributed by atoms with Crippen LogP contribution < -0.4 is 0 Å². The van der Waals surface area contributed by atoms with Gasteiger partial charge in [-0.25, -0.2) is 4.79 Å². The van der Waals surface area contributed by atoms with E-state index in [1.165, 1.54) is 0 Å². The molecule has 0 aromatic heterocycles. The first-order chi connectivity index (χ1) is 16.9. The van der Waals surface area contributed by atoms with Crippen LogP contribution in [0.5, 0.6) is 0 Å². The molecule has 4 rings (SSSR count). The Bertz CT molecular complexity index is 914. The van der Waals surface area contributed by atoms with Crippen molar-refractivity contribution in [3.05, 3.63) is 23.8 Å². The van der Waals surface area contributed by atoms with Gasteiger partial charge in [0.15, 0.2) is 6.29 Å². The second-order valence-corrected chi connectivity index (χ2v) is 11.2. The minimum absolute atomic E-state index is 0.0224. The Balaban J connectivity index is 1.54. The van der Waals surface area contributed by atoms with Gasteiger partial charge in [-0.3, -0.25) is 4.79 Å². The van der Waals surface area contributed by atoms with Gasteiger partial charge in [0.2, 0.25) is 0 Å². The van der Waals surface area contributed by atoms with Gasteiger partial charge in [-0.1, -0.05) is 26.0 Å². The van der Waals surface area contributed by atoms with E-state index in [0.717, 1.165) is 5.57 Å². The first-order valence-electron chi connectivity index (χ1n) is 12.6. The van der Waals surface area contributed by atoms with Gasteiger partial charge in [0, 0.05) is 23.3 Å². The van der Waals surface area contributed by atoms with Gasteiger partial charge in [-0.15, -0.1) is 0 Å². The molecule has 0 aromatic carbocycles. The predicted octanol–water partition coefficient (Wildman–Crippen LogP) is -0.00500. The Hall–Kier alpha value is -1.66. The molecule has 0 radical (unpaired) electrons. The molecule has 202 valence electrons. The molecule has 1 saturated heterocycles. The standard InChI is InChI=1S/C26H38O10/c1-13-4-5-17-25(2,19(13)15(28)10-14-7-9-34-23(14)33)8-6-18(29)26(17,3)12-35-24-22(32)21(31)20(30)16(11-27)36-24/h7,16-22,24,27,29-32H,1,4-6,8-12H2,2-3H3/t16-,17?,18?,19?,20-,21+,22-,24-,25?,26?/m1/s1. The fraction of sp³-hybridized carbons (Fsp3) is 0.769. The van der Waals surface area contributed by atoms with Crippen molar-refractivity contribution < 1.29 is 49.3 Å². The van der Waals surface area contributed by atoms with E-state index in [1.54, 1.807) is 6.08 Å². The summed E-state index contributed by atoms with van der Waals surface area (Å²) in [5.41, 5.74) is -0.180. The summed E-state index contributed by atoms with van der Waals surface area (Å²) in [5, 5.41) is 51.1. The predicted molar refractivity (Wildman–Crippen MR) is 125 cm³/mol. The third kappa shape index (κ3) is 4.57. The molecule has 0 amide bonds. The van der Waals surface area contributed by atoms with Crippen LogP contribution in [0.2, 0.25) is 0 Å². The molecule has 2 heterocycles. The molecule has 4 aliphatic rings. The zero-order chi connectivity index (χ0) is 26.4. The minimum atomic E-state index is -1.56. The van der Waals surface area contributed by atoms with Crippen molar-refractivity contribution >= 4 is 11.8 Å². The van der Waals surface area contributed by atoms with Crippen LogP contribution in [0.3, 0.4) is 0 Å². The molecule has 3 fully saturated rings. The summed E-state index contributed by atoms with van der Waals surface area (Å²) < 4.78 is 16.3. The highest BCUT2D eigenvalue weighted by atomic mass is 16.7. The molecule has 5 N–H and O–H groups in total. The second kappa shape index (κ2) is 10.2. The molecule has 2 aliphatic heterocycles. The summed E-state index contributed by atoms with van der Waals surface area (Å²) in [6.07, 6.45) is -3.88. The minimum Gasteiger partial charge on any atom is -0.458 e. The van der Waals surface area contributed by atoms with Crippen LogP contribution in [0.25, 0.3) is 0 Å². The largest absolute Gasteiger partial charge is 0.458 e. The van der Waals surface area contributed by atoms with Gasteiger partial charge in [-0.2, -0.15) is 0 Å². The number of cyclic esters (lactones) is 1. The van der Waals surface area contributed by atoms with Crippen molar-refractivity contribution in [2.24, 2.45) is 22.7 Å². The van der Waals surface area contributed by atoms with Crippen LogP contribution in [0.1, 0.15) is 46.0 Å². The normalized spacial score (nSPS) is 45.1. The number of aliphatic hydroxyl groups is 5. The van der Waals surface area contributed by atoms with Gasteiger partial charge in [0.05, 0.1) is 19.3 Å². The number of aliphatic hydroxyl groups excluding tert-OH is 5. The lowest BCUT2D eigenvalue weighted by Gasteiger charge is -2.60. The fourth-order valence-corrected chi connectivity index (χ4v) is 6.97. The van der Waals surface area contributed by atoms with Crippen molar-refractivity contribution in [3.8, 4) is 0 Å². The van der Waals surface area contributed by atoms with E-state index in [-0.39, 0.29) is 31.3 Å². The van der Waals surface area contributed by atoms with E-state index in [0.29, 0.717) is 31.3 Å². The highest BCUT2D eigenvalue weighted by molar-refractivity contribution is 5.98. The molecule has 10 heteroatoms. The monoisotopic (exact) mass is 510 g/mol. The number of hydrogen-bond acceptors (Lipinski definition) is 10. The number of ether oxygens (including phenoxy) is 3. The number of Topliss-reactive ketones (excluding diaryl/α,β-unsaturated/α-hetero) is 1. The molecule has 0 aromatic rings. The lowest BCUT2D eigenvalue weighted by atomic mass is 9.46. The zero-order valence-corrected chi connectivity index (χ0v) is 20.8. The Morgan fingerprint density at radius 2 is 1.89 bits per heavy atom. The molecular weight excluding hydrogens is 472 g/mol. The Labute approximate surface area is 210 Å². The molecule has 2 aliphatic carbocycles. The van der Waals surface area contributed by atoms with Gasteiger partial charge in [-0.05, 0) is 43.1 Å². The topological polar surface area (TPSA) is 163 Å². The first-order valence-corrected chi connectivity index (χ1v) is 12.6. The van der Waals surface area contributed by atoms with Crippen molar-refractivity contribution in [1.82, 2.24) is 0 Å². The molecule has 10 atom stereocenters. The molecule has 36 heavy (non-hydrogen) atoms. The quantitative estimate of drug-likeness (QED) is 0.233. The summed E-state index contributed by atoms with van der Waals surface area (Å²) in [7, 11) is 0. The summed E-state index contributed by atoms with van der Waals surface area (Å²) in [4.78, 5) is 25.5. The molecule has 0 bridgehead atoms. The van der Waals surface area contributed by atoms with Crippen molar-refractivity contribution in [1.29, 1.82) is 0 Å². The number of fused-ring (bicyclic) bond motifs is 1. The third-order valence-electron chi connectivity index (χ3n) is 9.03. The molecule has 0 spiro atoms. The maximum atomic E-state index is 13.5. The van der Waals surface area contributed by atoms with E-state index in [1.807, 2.05) is 13.8 Å². The number of allylic oxidation sites excluding steroid dienone is 1. The maximum Gasteiger partial charge on any atom is 0.334 e. The second-order valence-electron chi connectivity index (χ2n) is 11.2. The van der Waals surface area contributed by atoms with Gasteiger partial charge >= 0.3 is 5.97 Å². The van der Waals surface area contributed by atoms with Crippen molar-refractivity contribution in [2.45, 2.75) is 82.8 Å². The number of hydrogen-bond donors (Lipinski definition) is 5. The summed E-state index contributed by atoms with van der Waals surface area (Å²) in [5.74, 6) is -1.21. The lowest BCUT2D eigenvalue weighted by molar-refractivity contribution is -0.312. The molecular formula is C26H38O10. The average Bonchev–Trinajstić information content (AvgIpc) is 3.23. The van der Waals surface area contributed by atoms with Crippen LogP contribution in [0, 0.1) is 22.7 Å². The van der Waals surface area contributed by atoms with E-state index >= 15 is 0 Å². The van der Waals surface area contributed by atoms with Crippen LogP contribution in [0.15, 0.2) is 23.8 Å². The van der Waals surface area contributed by atoms with E-state index < -0.39 is 66.1 Å². The average molecular weight is 511 g/mol. The SMILES string of the molecule is C=C1CCC2C(C)(CO[C@@H]3O[C@H](CO)[C@@H](O)[C@H](O)[C@H]3O)C(O)CCC2(C)C1C(=O)CC1=CCOC1=O. The lowest BCUT2D eigenvalue weighted by Crippen LogP contribution is -2.61. The Morgan fingerprint density at radius 3 is 2.53 bits per heavy atom. The van der Waals surface area contributed by atoms with Crippen LogP contribution in [-0.4, -0.2) is 93.9 Å². The Morgan fingerprint density at radius 1 is 1.17 bits per heavy atom. The van der Waals surface area contributed by atoms with Crippen LogP contribution in [-0.2, 0) is 23.8 Å². The molecule has 10 nitrogen and oxygen atoms in total. The number of ketones is 1. The van der Waals surface area contributed by atoms with Crippen molar-refractivity contribution in [2.75, 3.05) is 19.8 Å². The number of carbonyl (C=O) groups is 2. The summed E-state index contributed by atoms with van der Waals surface area (Å²) in [6.45, 7) is 7.68. The fourth-order valence-electron chi connectivity index (χ4n) is 6.97. The molecule has 2 saturated carbocycles. The van der Waals surface area contributed by atoms with Gasteiger partial charge < -0.3 is 39.7 Å². The zero-order valence-electron chi connectivity index (χ0n) is 20.8. The van der Waals surface area contributed by atoms with E-state index in [9.17, 15) is 35.1 Å². The van der Waals surface area contributed by atoms with Crippen LogP contribution >= 0.6 is 0 Å². The van der Waals surface area contributed by atoms with Crippen molar-refractivity contribution in [3.63, 3.8) is 0 Å². The maximum absolute atomic E-state index is 13.5. The van der Waals surface area contributed by atoms with E-state index in [2.05, 4.69) is 6.58 Å². The smallest absolute Gasteiger partial charge is 0.334 e. The summed E-state index contributed by atoms with van der Waals surface area (Å²) >= 11 is 0. The number of carbonyl (C=O) groups excluding carboxylic acids is 2. The van der Waals surface area contributed by atoms with E-state index in [4.69, 9.17) is 14.2 Å².